The fourth-order valence-corrected chi connectivity index (χ4v) is 1.19. The minimum absolute atomic E-state index is 0. The summed E-state index contributed by atoms with van der Waals surface area (Å²) < 4.78 is 0. The molecular weight excluding hydrogens is 230 g/mol. The van der Waals surface area contributed by atoms with E-state index in [1.807, 2.05) is 0 Å². The summed E-state index contributed by atoms with van der Waals surface area (Å²) in [5.74, 6) is -3.94. The molecule has 0 aliphatic rings. The van der Waals surface area contributed by atoms with Crippen molar-refractivity contribution in [3.8, 4) is 0 Å². The Morgan fingerprint density at radius 3 is 1.94 bits per heavy atom. The third-order valence-corrected chi connectivity index (χ3v) is 1.86. The van der Waals surface area contributed by atoms with Crippen LogP contribution >= 0.6 is 0 Å². The zero-order valence-electron chi connectivity index (χ0n) is 9.30. The number of hydrogen-bond acceptors (Lipinski definition) is 4. The van der Waals surface area contributed by atoms with Crippen LogP contribution in [0.1, 0.15) is 17.9 Å². The molecule has 1 rings (SSSR count). The van der Waals surface area contributed by atoms with E-state index in [-0.39, 0.29) is 59.1 Å². The number of carboxylic acids is 2. The molecule has 1 unspecified atom stereocenters. The van der Waals surface area contributed by atoms with Crippen LogP contribution in [0.5, 0.6) is 0 Å². The fraction of sp³-hybridized carbons (Fsp3) is 0.200. The second-order valence-electron chi connectivity index (χ2n) is 2.86. The molecule has 0 aliphatic heterocycles. The second kappa shape index (κ2) is 9.22. The van der Waals surface area contributed by atoms with Gasteiger partial charge >= 0.3 is 59.1 Å². The van der Waals surface area contributed by atoms with E-state index >= 15 is 0 Å². The van der Waals surface area contributed by atoms with Crippen LogP contribution in [-0.4, -0.2) is 11.9 Å². The van der Waals surface area contributed by atoms with E-state index in [0.29, 0.717) is 5.56 Å². The van der Waals surface area contributed by atoms with Crippen LogP contribution in [0.3, 0.4) is 0 Å². The third kappa shape index (κ3) is 6.03. The minimum Gasteiger partial charge on any atom is -0.550 e. The molecule has 0 heterocycles. The van der Waals surface area contributed by atoms with Crippen molar-refractivity contribution in [2.24, 2.45) is 0 Å². The third-order valence-electron chi connectivity index (χ3n) is 1.86. The van der Waals surface area contributed by atoms with E-state index in [4.69, 9.17) is 0 Å². The summed E-state index contributed by atoms with van der Waals surface area (Å²) in [6, 6.07) is 8.09. The van der Waals surface area contributed by atoms with Crippen LogP contribution in [0.15, 0.2) is 30.3 Å². The Balaban J connectivity index is 0. The van der Waals surface area contributed by atoms with Crippen LogP contribution in [0.4, 0.5) is 0 Å². The smallest absolute Gasteiger partial charge is 0.550 e. The van der Waals surface area contributed by atoms with E-state index in [1.165, 1.54) is 0 Å². The van der Waals surface area contributed by atoms with Crippen LogP contribution in [0.2, 0.25) is 0 Å². The van der Waals surface area contributed by atoms with Gasteiger partial charge in [-0.15, -0.1) is 0 Å². The van der Waals surface area contributed by atoms with Gasteiger partial charge < -0.3 is 19.8 Å². The number of rotatable bonds is 4. The average Bonchev–Trinajstić information content (AvgIpc) is 2.15. The molecule has 1 aromatic rings. The van der Waals surface area contributed by atoms with Gasteiger partial charge in [0, 0.05) is 17.9 Å². The van der Waals surface area contributed by atoms with Crippen molar-refractivity contribution in [3.05, 3.63) is 35.9 Å². The summed E-state index contributed by atoms with van der Waals surface area (Å²) in [5.41, 5.74) is 0.414. The molecule has 0 amide bonds. The molecule has 4 nitrogen and oxygen atoms in total. The Kier molecular flexibility index (Phi) is 10.7. The number of aliphatic carboxylic acids is 2. The molecule has 16 heavy (non-hydrogen) atoms. The standard InChI is InChI=1S/C10H10O4.2Na/c11-9(12)6-8(10(13)14)7-4-2-1-3-5-7;;/h1-5,8H,6H2,(H,11,12)(H,13,14);;/q;2*+1/p-2. The van der Waals surface area contributed by atoms with Crippen LogP contribution in [0, 0.1) is 0 Å². The Hall–Kier alpha value is 0.160. The number of carboxylic acid groups (broad SMARTS) is 2. The van der Waals surface area contributed by atoms with Gasteiger partial charge in [-0.25, -0.2) is 0 Å². The molecule has 0 saturated carbocycles. The predicted molar refractivity (Wildman–Crippen MR) is 43.8 cm³/mol. The molecular formula is C10H8Na2O4. The van der Waals surface area contributed by atoms with Crippen molar-refractivity contribution in [3.63, 3.8) is 0 Å². The minimum atomic E-state index is -1.40. The first-order chi connectivity index (χ1) is 6.61. The summed E-state index contributed by atoms with van der Waals surface area (Å²) in [6.45, 7) is 0. The van der Waals surface area contributed by atoms with Gasteiger partial charge in [-0.05, 0) is 12.0 Å². The number of carbonyl (C=O) groups is 2. The maximum absolute atomic E-state index is 10.6. The molecule has 74 valence electrons. The van der Waals surface area contributed by atoms with Crippen LogP contribution in [0.25, 0.3) is 0 Å². The van der Waals surface area contributed by atoms with Crippen molar-refractivity contribution in [2.45, 2.75) is 12.3 Å². The summed E-state index contributed by atoms with van der Waals surface area (Å²) in [5, 5.41) is 20.9. The molecule has 0 radical (unpaired) electrons. The molecule has 0 N–H and O–H groups in total. The first kappa shape index (κ1) is 18.5. The van der Waals surface area contributed by atoms with Gasteiger partial charge in [-0.3, -0.25) is 0 Å². The SMILES string of the molecule is O=C([O-])CC(C(=O)[O-])c1ccccc1.[Na+].[Na+]. The zero-order valence-corrected chi connectivity index (χ0v) is 13.3. The van der Waals surface area contributed by atoms with E-state index in [9.17, 15) is 19.8 Å². The molecule has 1 atom stereocenters. The molecule has 0 saturated heterocycles. The fourth-order valence-electron chi connectivity index (χ4n) is 1.19. The Bertz CT molecular complexity index is 340. The van der Waals surface area contributed by atoms with Crippen molar-refractivity contribution < 1.29 is 78.9 Å². The van der Waals surface area contributed by atoms with Crippen molar-refractivity contribution in [2.75, 3.05) is 0 Å². The monoisotopic (exact) mass is 238 g/mol. The topological polar surface area (TPSA) is 80.3 Å². The quantitative estimate of drug-likeness (QED) is 0.488. The van der Waals surface area contributed by atoms with Gasteiger partial charge in [0.15, 0.2) is 0 Å². The zero-order chi connectivity index (χ0) is 10.6. The second-order valence-corrected chi connectivity index (χ2v) is 2.86. The van der Waals surface area contributed by atoms with Gasteiger partial charge in [0.1, 0.15) is 0 Å². The van der Waals surface area contributed by atoms with Crippen LogP contribution in [-0.2, 0) is 9.59 Å². The van der Waals surface area contributed by atoms with Crippen molar-refractivity contribution in [1.82, 2.24) is 0 Å². The van der Waals surface area contributed by atoms with Gasteiger partial charge in [0.05, 0.1) is 0 Å². The molecule has 6 heteroatoms. The molecule has 0 aliphatic carbocycles. The van der Waals surface area contributed by atoms with E-state index in [1.54, 1.807) is 30.3 Å². The number of benzene rings is 1. The summed E-state index contributed by atoms with van der Waals surface area (Å²) in [4.78, 5) is 20.9. The summed E-state index contributed by atoms with van der Waals surface area (Å²) in [7, 11) is 0. The first-order valence-corrected chi connectivity index (χ1v) is 4.07. The maximum atomic E-state index is 10.6. The molecule has 0 aromatic heterocycles. The normalized spacial score (nSPS) is 10.5. The van der Waals surface area contributed by atoms with Crippen molar-refractivity contribution >= 4 is 11.9 Å². The number of carbonyl (C=O) groups excluding carboxylic acids is 2. The largest absolute Gasteiger partial charge is 1.00 e. The van der Waals surface area contributed by atoms with Gasteiger partial charge in [0.2, 0.25) is 0 Å². The molecule has 1 aromatic carbocycles. The first-order valence-electron chi connectivity index (χ1n) is 4.07. The summed E-state index contributed by atoms with van der Waals surface area (Å²) >= 11 is 0. The maximum Gasteiger partial charge on any atom is 1.00 e. The predicted octanol–water partition coefficient (Wildman–Crippen LogP) is -7.33. The Morgan fingerprint density at radius 2 is 1.56 bits per heavy atom. The molecule has 0 spiro atoms. The molecule has 0 bridgehead atoms. The van der Waals surface area contributed by atoms with E-state index < -0.39 is 24.3 Å². The van der Waals surface area contributed by atoms with Crippen LogP contribution < -0.4 is 69.3 Å². The Morgan fingerprint density at radius 1 is 1.06 bits per heavy atom. The molecule has 0 fully saturated rings. The van der Waals surface area contributed by atoms with Crippen molar-refractivity contribution in [1.29, 1.82) is 0 Å². The van der Waals surface area contributed by atoms with Gasteiger partial charge in [0.25, 0.3) is 0 Å². The Labute approximate surface area is 138 Å². The van der Waals surface area contributed by atoms with Gasteiger partial charge in [-0.1, -0.05) is 30.3 Å². The van der Waals surface area contributed by atoms with E-state index in [2.05, 4.69) is 0 Å². The summed E-state index contributed by atoms with van der Waals surface area (Å²) in [6.07, 6.45) is -0.563. The van der Waals surface area contributed by atoms with E-state index in [0.717, 1.165) is 0 Å². The average molecular weight is 238 g/mol. The van der Waals surface area contributed by atoms with Gasteiger partial charge in [-0.2, -0.15) is 0 Å². The number of hydrogen-bond donors (Lipinski definition) is 0.